The summed E-state index contributed by atoms with van der Waals surface area (Å²) in [5.41, 5.74) is 1.21. The quantitative estimate of drug-likeness (QED) is 0.730. The minimum atomic E-state index is -1.02. The Labute approximate surface area is 138 Å². The largest absolute Gasteiger partial charge is 0.461 e. The Morgan fingerprint density at radius 2 is 2.00 bits per heavy atom. The van der Waals surface area contributed by atoms with Crippen molar-refractivity contribution >= 4 is 16.9 Å². The monoisotopic (exact) mass is 327 g/mol. The van der Waals surface area contributed by atoms with Gasteiger partial charge in [-0.25, -0.2) is 4.39 Å². The molecule has 3 aromatic rings. The Morgan fingerprint density at radius 1 is 1.17 bits per heavy atom. The summed E-state index contributed by atoms with van der Waals surface area (Å²) in [4.78, 5) is 11.9. The fourth-order valence-electron chi connectivity index (χ4n) is 2.56. The zero-order valence-corrected chi connectivity index (χ0v) is 13.0. The molecule has 0 bridgehead atoms. The normalized spacial score (nSPS) is 12.2. The Morgan fingerprint density at radius 3 is 2.79 bits per heavy atom. The van der Waals surface area contributed by atoms with Gasteiger partial charge >= 0.3 is 0 Å². The van der Waals surface area contributed by atoms with Gasteiger partial charge in [0.15, 0.2) is 0 Å². The predicted molar refractivity (Wildman–Crippen MR) is 88.9 cm³/mol. The Bertz CT molecular complexity index is 810. The molecule has 0 spiro atoms. The highest BCUT2D eigenvalue weighted by molar-refractivity contribution is 5.78. The first kappa shape index (κ1) is 16.2. The Hall–Kier alpha value is -2.66. The molecular formula is C19H18FNO3. The molecule has 0 aliphatic heterocycles. The number of halogens is 1. The molecule has 0 aliphatic rings. The van der Waals surface area contributed by atoms with E-state index < -0.39 is 11.9 Å². The number of furan rings is 1. The van der Waals surface area contributed by atoms with Crippen LogP contribution < -0.4 is 5.32 Å². The van der Waals surface area contributed by atoms with Gasteiger partial charge in [-0.05, 0) is 29.8 Å². The van der Waals surface area contributed by atoms with Crippen molar-refractivity contribution in [1.29, 1.82) is 0 Å². The number of hydrogen-bond acceptors (Lipinski definition) is 3. The molecule has 1 heterocycles. The number of aliphatic hydroxyl groups is 1. The number of carbonyl (C=O) groups is 1. The average Bonchev–Trinajstić information content (AvgIpc) is 2.97. The maximum Gasteiger partial charge on any atom is 0.222 e. The van der Waals surface area contributed by atoms with E-state index in [2.05, 4.69) is 5.32 Å². The number of carbonyl (C=O) groups excluding carboxylic acids is 1. The number of fused-ring (bicyclic) bond motifs is 1. The van der Waals surface area contributed by atoms with E-state index >= 15 is 0 Å². The van der Waals surface area contributed by atoms with Crippen molar-refractivity contribution < 1.29 is 18.7 Å². The molecule has 2 aromatic carbocycles. The van der Waals surface area contributed by atoms with Gasteiger partial charge in [-0.15, -0.1) is 0 Å². The third-order valence-electron chi connectivity index (χ3n) is 3.78. The van der Waals surface area contributed by atoms with E-state index in [4.69, 9.17) is 4.42 Å². The number of para-hydroxylation sites is 1. The second-order valence-electron chi connectivity index (χ2n) is 5.63. The van der Waals surface area contributed by atoms with Crippen molar-refractivity contribution in [1.82, 2.24) is 5.32 Å². The summed E-state index contributed by atoms with van der Waals surface area (Å²) in [6, 6.07) is 15.3. The zero-order chi connectivity index (χ0) is 16.9. The van der Waals surface area contributed by atoms with Crippen LogP contribution in [0.4, 0.5) is 4.39 Å². The maximum absolute atomic E-state index is 13.1. The lowest BCUT2D eigenvalue weighted by molar-refractivity contribution is -0.123. The molecule has 0 radical (unpaired) electrons. The smallest absolute Gasteiger partial charge is 0.222 e. The summed E-state index contributed by atoms with van der Waals surface area (Å²) in [5.74, 6) is 0.0712. The molecule has 4 nitrogen and oxygen atoms in total. The summed E-state index contributed by atoms with van der Waals surface area (Å²) in [6.07, 6.45) is -0.563. The SMILES string of the molecule is O=C(CC(O)c1cccc(F)c1)NCCc1cc2ccccc2o1. The van der Waals surface area contributed by atoms with Crippen molar-refractivity contribution in [2.24, 2.45) is 0 Å². The highest BCUT2D eigenvalue weighted by atomic mass is 19.1. The standard InChI is InChI=1S/C19H18FNO3/c20-15-6-3-5-13(10-15)17(22)12-19(23)21-9-8-16-11-14-4-1-2-7-18(14)24-16/h1-7,10-11,17,22H,8-9,12H2,(H,21,23). The maximum atomic E-state index is 13.1. The first-order valence-corrected chi connectivity index (χ1v) is 7.79. The van der Waals surface area contributed by atoms with Gasteiger partial charge in [0.25, 0.3) is 0 Å². The third-order valence-corrected chi connectivity index (χ3v) is 3.78. The van der Waals surface area contributed by atoms with E-state index in [0.717, 1.165) is 16.7 Å². The van der Waals surface area contributed by atoms with Crippen molar-refractivity contribution in [3.63, 3.8) is 0 Å². The molecule has 0 saturated heterocycles. The third kappa shape index (κ3) is 4.00. The molecule has 1 aromatic heterocycles. The van der Waals surface area contributed by atoms with Crippen LogP contribution in [-0.4, -0.2) is 17.6 Å². The van der Waals surface area contributed by atoms with Crippen LogP contribution in [0.3, 0.4) is 0 Å². The number of nitrogens with one attached hydrogen (secondary N) is 1. The highest BCUT2D eigenvalue weighted by Gasteiger charge is 2.13. The summed E-state index contributed by atoms with van der Waals surface area (Å²) in [7, 11) is 0. The lowest BCUT2D eigenvalue weighted by Crippen LogP contribution is -2.27. The van der Waals surface area contributed by atoms with Gasteiger partial charge in [0.05, 0.1) is 12.5 Å². The van der Waals surface area contributed by atoms with Crippen molar-refractivity contribution in [2.75, 3.05) is 6.54 Å². The molecule has 5 heteroatoms. The van der Waals surface area contributed by atoms with Crippen LogP contribution in [0.5, 0.6) is 0 Å². The van der Waals surface area contributed by atoms with Crippen LogP contribution in [-0.2, 0) is 11.2 Å². The van der Waals surface area contributed by atoms with Gasteiger partial charge in [-0.1, -0.05) is 30.3 Å². The fourth-order valence-corrected chi connectivity index (χ4v) is 2.56. The molecule has 1 amide bonds. The van der Waals surface area contributed by atoms with Crippen LogP contribution in [0.25, 0.3) is 11.0 Å². The zero-order valence-electron chi connectivity index (χ0n) is 13.0. The van der Waals surface area contributed by atoms with Crippen LogP contribution in [0, 0.1) is 5.82 Å². The highest BCUT2D eigenvalue weighted by Crippen LogP contribution is 2.19. The predicted octanol–water partition coefficient (Wildman–Crippen LogP) is 3.35. The molecule has 124 valence electrons. The van der Waals surface area contributed by atoms with Crippen molar-refractivity contribution in [2.45, 2.75) is 18.9 Å². The minimum absolute atomic E-state index is 0.108. The lowest BCUT2D eigenvalue weighted by atomic mass is 10.1. The van der Waals surface area contributed by atoms with Crippen molar-refractivity contribution in [3.8, 4) is 0 Å². The van der Waals surface area contributed by atoms with E-state index in [-0.39, 0.29) is 12.3 Å². The second-order valence-corrected chi connectivity index (χ2v) is 5.63. The van der Waals surface area contributed by atoms with Crippen LogP contribution in [0.1, 0.15) is 23.8 Å². The number of benzene rings is 2. The summed E-state index contributed by atoms with van der Waals surface area (Å²) < 4.78 is 18.8. The number of rotatable bonds is 6. The average molecular weight is 327 g/mol. The van der Waals surface area contributed by atoms with E-state index in [1.54, 1.807) is 6.07 Å². The van der Waals surface area contributed by atoms with Gasteiger partial charge < -0.3 is 14.8 Å². The van der Waals surface area contributed by atoms with Gasteiger partial charge in [0.2, 0.25) is 5.91 Å². The molecule has 24 heavy (non-hydrogen) atoms. The van der Waals surface area contributed by atoms with Crippen LogP contribution >= 0.6 is 0 Å². The summed E-state index contributed by atoms with van der Waals surface area (Å²) in [6.45, 7) is 0.411. The van der Waals surface area contributed by atoms with Gasteiger partial charge in [0.1, 0.15) is 17.2 Å². The Kier molecular flexibility index (Phi) is 4.91. The second kappa shape index (κ2) is 7.27. The van der Waals surface area contributed by atoms with E-state index in [1.165, 1.54) is 18.2 Å². The molecule has 1 unspecified atom stereocenters. The van der Waals surface area contributed by atoms with E-state index in [0.29, 0.717) is 18.5 Å². The fraction of sp³-hybridized carbons (Fsp3) is 0.211. The topological polar surface area (TPSA) is 62.5 Å². The van der Waals surface area contributed by atoms with Gasteiger partial charge in [0, 0.05) is 18.4 Å². The summed E-state index contributed by atoms with van der Waals surface area (Å²) in [5, 5.41) is 13.7. The molecule has 0 fully saturated rings. The van der Waals surface area contributed by atoms with Gasteiger partial charge in [-0.2, -0.15) is 0 Å². The van der Waals surface area contributed by atoms with Gasteiger partial charge in [-0.3, -0.25) is 4.79 Å². The first-order valence-electron chi connectivity index (χ1n) is 7.79. The number of hydrogen-bond donors (Lipinski definition) is 2. The minimum Gasteiger partial charge on any atom is -0.461 e. The molecule has 1 atom stereocenters. The molecule has 3 rings (SSSR count). The lowest BCUT2D eigenvalue weighted by Gasteiger charge is -2.11. The molecular weight excluding hydrogens is 309 g/mol. The van der Waals surface area contributed by atoms with E-state index in [1.807, 2.05) is 30.3 Å². The van der Waals surface area contributed by atoms with Crippen LogP contribution in [0.15, 0.2) is 59.0 Å². The van der Waals surface area contributed by atoms with Crippen LogP contribution in [0.2, 0.25) is 0 Å². The number of amides is 1. The molecule has 0 aliphatic carbocycles. The Balaban J connectivity index is 1.48. The number of aliphatic hydroxyl groups excluding tert-OH is 1. The summed E-state index contributed by atoms with van der Waals surface area (Å²) >= 11 is 0. The first-order chi connectivity index (χ1) is 11.6. The molecule has 0 saturated carbocycles. The molecule has 2 N–H and O–H groups in total. The van der Waals surface area contributed by atoms with Crippen molar-refractivity contribution in [3.05, 3.63) is 71.7 Å². The van der Waals surface area contributed by atoms with E-state index in [9.17, 15) is 14.3 Å².